The molecule has 7 nitrogen and oxygen atoms in total. The Kier molecular flexibility index (Phi) is 3.05. The molecule has 2 rings (SSSR count). The van der Waals surface area contributed by atoms with Crippen LogP contribution in [0.3, 0.4) is 0 Å². The van der Waals surface area contributed by atoms with Crippen LogP contribution in [0.1, 0.15) is 5.56 Å². The van der Waals surface area contributed by atoms with Gasteiger partial charge in [-0.1, -0.05) is 0 Å². The number of benzene rings is 1. The number of nitro groups is 1. The van der Waals surface area contributed by atoms with Crippen LogP contribution in [0, 0.1) is 10.1 Å². The number of rotatable bonds is 2. The van der Waals surface area contributed by atoms with Gasteiger partial charge in [-0.25, -0.2) is 0 Å². The van der Waals surface area contributed by atoms with Crippen molar-refractivity contribution < 1.29 is 14.5 Å². The lowest BCUT2D eigenvalue weighted by molar-refractivity contribution is -0.384. The van der Waals surface area contributed by atoms with Crippen LogP contribution in [-0.4, -0.2) is 23.3 Å². The highest BCUT2D eigenvalue weighted by molar-refractivity contribution is 6.05. The number of hydrogen-bond donors (Lipinski definition) is 2. The maximum absolute atomic E-state index is 11.4. The van der Waals surface area contributed by atoms with E-state index in [2.05, 4.69) is 10.6 Å². The summed E-state index contributed by atoms with van der Waals surface area (Å²) < 4.78 is 0. The van der Waals surface area contributed by atoms with E-state index in [4.69, 9.17) is 0 Å². The lowest BCUT2D eigenvalue weighted by Crippen LogP contribution is -2.46. The molecule has 1 saturated heterocycles. The predicted octanol–water partition coefficient (Wildman–Crippen LogP) is 0.182. The van der Waals surface area contributed by atoms with E-state index in [9.17, 15) is 19.7 Å². The molecular weight excluding hydrogens is 238 g/mol. The van der Waals surface area contributed by atoms with Gasteiger partial charge >= 0.3 is 0 Å². The maximum Gasteiger partial charge on any atom is 0.269 e. The van der Waals surface area contributed by atoms with Crippen molar-refractivity contribution in [2.75, 3.05) is 6.54 Å². The second kappa shape index (κ2) is 4.66. The molecule has 0 aliphatic carbocycles. The zero-order valence-electron chi connectivity index (χ0n) is 9.17. The number of piperazine rings is 1. The highest BCUT2D eigenvalue weighted by atomic mass is 16.6. The molecule has 1 aliphatic heterocycles. The molecule has 2 N–H and O–H groups in total. The van der Waals surface area contributed by atoms with Crippen molar-refractivity contribution >= 4 is 23.6 Å². The summed E-state index contributed by atoms with van der Waals surface area (Å²) in [6, 6.07) is 5.66. The van der Waals surface area contributed by atoms with E-state index in [0.29, 0.717) is 5.56 Å². The number of nitrogens with zero attached hydrogens (tertiary/aromatic N) is 1. The summed E-state index contributed by atoms with van der Waals surface area (Å²) in [5.41, 5.74) is 0.683. The molecular formula is C11H9N3O4. The molecule has 0 unspecified atom stereocenters. The third-order valence-electron chi connectivity index (χ3n) is 2.34. The van der Waals surface area contributed by atoms with E-state index >= 15 is 0 Å². The highest BCUT2D eigenvalue weighted by Crippen LogP contribution is 2.14. The summed E-state index contributed by atoms with van der Waals surface area (Å²) in [6.07, 6.45) is 1.45. The summed E-state index contributed by atoms with van der Waals surface area (Å²) in [4.78, 5) is 32.5. The SMILES string of the molecule is O=C1CNC(=O)/C(=C/c2ccc([N+](=O)[O-])cc2)N1. The molecule has 0 spiro atoms. The Hall–Kier alpha value is -2.70. The summed E-state index contributed by atoms with van der Waals surface area (Å²) in [6.45, 7) is -0.0452. The molecule has 1 aromatic carbocycles. The minimum Gasteiger partial charge on any atom is -0.342 e. The van der Waals surface area contributed by atoms with Gasteiger partial charge in [0.15, 0.2) is 0 Å². The average molecular weight is 247 g/mol. The van der Waals surface area contributed by atoms with Crippen LogP contribution in [0.4, 0.5) is 5.69 Å². The molecule has 2 amide bonds. The number of carbonyl (C=O) groups excluding carboxylic acids is 2. The van der Waals surface area contributed by atoms with Crippen molar-refractivity contribution in [1.29, 1.82) is 0 Å². The van der Waals surface area contributed by atoms with Crippen molar-refractivity contribution in [3.05, 3.63) is 45.6 Å². The Morgan fingerprint density at radius 2 is 1.89 bits per heavy atom. The van der Waals surface area contributed by atoms with Gasteiger partial charge in [-0.2, -0.15) is 0 Å². The Bertz CT molecular complexity index is 548. The Labute approximate surface area is 102 Å². The number of nitrogens with one attached hydrogen (secondary N) is 2. The second-order valence-electron chi connectivity index (χ2n) is 3.64. The van der Waals surface area contributed by atoms with Gasteiger partial charge in [-0.15, -0.1) is 0 Å². The third kappa shape index (κ3) is 2.51. The fraction of sp³-hybridized carbons (Fsp3) is 0.0909. The van der Waals surface area contributed by atoms with Crippen LogP contribution >= 0.6 is 0 Å². The van der Waals surface area contributed by atoms with E-state index in [1.807, 2.05) is 0 Å². The summed E-state index contributed by atoms with van der Waals surface area (Å²) >= 11 is 0. The Morgan fingerprint density at radius 1 is 1.22 bits per heavy atom. The number of amides is 2. The van der Waals surface area contributed by atoms with Gasteiger partial charge in [-0.3, -0.25) is 19.7 Å². The van der Waals surface area contributed by atoms with Gasteiger partial charge < -0.3 is 10.6 Å². The molecule has 1 aromatic rings. The van der Waals surface area contributed by atoms with Gasteiger partial charge in [0.25, 0.3) is 11.6 Å². The van der Waals surface area contributed by atoms with Gasteiger partial charge in [0.05, 0.1) is 11.5 Å². The van der Waals surface area contributed by atoms with Crippen LogP contribution in [-0.2, 0) is 9.59 Å². The molecule has 0 aromatic heterocycles. The maximum atomic E-state index is 11.4. The van der Waals surface area contributed by atoms with Crippen molar-refractivity contribution in [3.8, 4) is 0 Å². The quantitative estimate of drug-likeness (QED) is 0.442. The molecule has 0 bridgehead atoms. The van der Waals surface area contributed by atoms with E-state index in [1.54, 1.807) is 0 Å². The molecule has 7 heteroatoms. The van der Waals surface area contributed by atoms with Crippen LogP contribution in [0.5, 0.6) is 0 Å². The van der Waals surface area contributed by atoms with Gasteiger partial charge in [-0.05, 0) is 23.8 Å². The Morgan fingerprint density at radius 3 is 2.50 bits per heavy atom. The van der Waals surface area contributed by atoms with Gasteiger partial charge in [0, 0.05) is 12.1 Å². The lowest BCUT2D eigenvalue weighted by atomic mass is 10.1. The number of hydrogen-bond acceptors (Lipinski definition) is 4. The van der Waals surface area contributed by atoms with E-state index < -0.39 is 4.92 Å². The van der Waals surface area contributed by atoms with Gasteiger partial charge in [0.1, 0.15) is 5.70 Å². The first-order chi connectivity index (χ1) is 8.56. The van der Waals surface area contributed by atoms with Crippen LogP contribution in [0.2, 0.25) is 0 Å². The number of non-ortho nitro benzene ring substituents is 1. The van der Waals surface area contributed by atoms with E-state index in [1.165, 1.54) is 30.3 Å². The standard InChI is InChI=1S/C11H9N3O4/c15-10-6-12-11(16)9(13-10)5-7-1-3-8(4-2-7)14(17)18/h1-5H,6H2,(H,12,16)(H,13,15)/b9-5-. The molecule has 0 atom stereocenters. The first kappa shape index (κ1) is 11.8. The minimum absolute atomic E-state index is 0.0331. The monoisotopic (exact) mass is 247 g/mol. The first-order valence-electron chi connectivity index (χ1n) is 5.10. The first-order valence-corrected chi connectivity index (χ1v) is 5.10. The van der Waals surface area contributed by atoms with Crippen LogP contribution in [0.15, 0.2) is 30.0 Å². The topological polar surface area (TPSA) is 101 Å². The van der Waals surface area contributed by atoms with Crippen molar-refractivity contribution in [3.63, 3.8) is 0 Å². The summed E-state index contributed by atoms with van der Waals surface area (Å²) in [5.74, 6) is -0.685. The second-order valence-corrected chi connectivity index (χ2v) is 3.64. The van der Waals surface area contributed by atoms with Crippen LogP contribution in [0.25, 0.3) is 6.08 Å². The van der Waals surface area contributed by atoms with Crippen molar-refractivity contribution in [2.45, 2.75) is 0 Å². The fourth-order valence-corrected chi connectivity index (χ4v) is 1.47. The largest absolute Gasteiger partial charge is 0.342 e. The zero-order chi connectivity index (χ0) is 13.1. The van der Waals surface area contributed by atoms with Gasteiger partial charge in [0.2, 0.25) is 5.91 Å². The minimum atomic E-state index is -0.508. The summed E-state index contributed by atoms with van der Waals surface area (Å²) in [5, 5.41) is 15.3. The molecule has 0 saturated carbocycles. The normalized spacial score (nSPS) is 17.2. The molecule has 18 heavy (non-hydrogen) atoms. The Balaban J connectivity index is 2.23. The fourth-order valence-electron chi connectivity index (χ4n) is 1.47. The van der Waals surface area contributed by atoms with Crippen molar-refractivity contribution in [1.82, 2.24) is 10.6 Å². The molecule has 1 aliphatic rings. The molecule has 92 valence electrons. The molecule has 0 radical (unpaired) electrons. The highest BCUT2D eigenvalue weighted by Gasteiger charge is 2.19. The molecule has 1 fully saturated rings. The predicted molar refractivity (Wildman–Crippen MR) is 62.2 cm³/mol. The van der Waals surface area contributed by atoms with Crippen molar-refractivity contribution in [2.24, 2.45) is 0 Å². The smallest absolute Gasteiger partial charge is 0.269 e. The average Bonchev–Trinajstić information content (AvgIpc) is 2.34. The van der Waals surface area contributed by atoms with E-state index in [0.717, 1.165) is 0 Å². The van der Waals surface area contributed by atoms with Crippen LogP contribution < -0.4 is 10.6 Å². The third-order valence-corrected chi connectivity index (χ3v) is 2.34. The summed E-state index contributed by atoms with van der Waals surface area (Å²) in [7, 11) is 0. The lowest BCUT2D eigenvalue weighted by Gasteiger charge is -2.15. The zero-order valence-corrected chi connectivity index (χ0v) is 9.17. The molecule has 1 heterocycles. The van der Waals surface area contributed by atoms with E-state index in [-0.39, 0.29) is 29.7 Å². The number of nitro benzene ring substituents is 1. The number of carbonyl (C=O) groups is 2.